The van der Waals surface area contributed by atoms with E-state index in [2.05, 4.69) is 0 Å². The molecule has 0 heterocycles. The van der Waals surface area contributed by atoms with Gasteiger partial charge in [0.25, 0.3) is 0 Å². The van der Waals surface area contributed by atoms with Crippen LogP contribution >= 0.6 is 22.6 Å². The van der Waals surface area contributed by atoms with Gasteiger partial charge in [0.1, 0.15) is 11.5 Å². The number of para-hydroxylation sites is 1. The van der Waals surface area contributed by atoms with Gasteiger partial charge in [-0.05, 0) is 52.9 Å². The van der Waals surface area contributed by atoms with Gasteiger partial charge in [-0.1, -0.05) is 12.1 Å². The van der Waals surface area contributed by atoms with Gasteiger partial charge in [-0.3, -0.25) is 4.79 Å². The van der Waals surface area contributed by atoms with E-state index in [4.69, 9.17) is 10.5 Å². The molecule has 0 bridgehead atoms. The molecule has 0 unspecified atom stereocenters. The first-order valence-electron chi connectivity index (χ1n) is 5.72. The summed E-state index contributed by atoms with van der Waals surface area (Å²) in [5, 5.41) is 0. The molecule has 3 nitrogen and oxygen atoms in total. The number of amides is 1. The number of hydrogen-bond donors (Lipinski definition) is 1. The Balaban J connectivity index is 2.43. The van der Waals surface area contributed by atoms with Crippen molar-refractivity contribution in [3.63, 3.8) is 0 Å². The summed E-state index contributed by atoms with van der Waals surface area (Å²) in [5.41, 5.74) is 3.26. The molecule has 110 valence electrons. The number of halogens is 4. The highest BCUT2D eigenvalue weighted by Crippen LogP contribution is 2.36. The summed E-state index contributed by atoms with van der Waals surface area (Å²) in [6.45, 7) is 0. The smallest absolute Gasteiger partial charge is 0.417 e. The van der Waals surface area contributed by atoms with Crippen LogP contribution in [0.1, 0.15) is 15.9 Å². The molecule has 0 radical (unpaired) electrons. The van der Waals surface area contributed by atoms with E-state index in [1.54, 1.807) is 24.3 Å². The maximum Gasteiger partial charge on any atom is 0.417 e. The summed E-state index contributed by atoms with van der Waals surface area (Å²) in [6.07, 6.45) is -4.69. The Morgan fingerprint density at radius 2 is 1.81 bits per heavy atom. The molecule has 1 amide bonds. The Kier molecular flexibility index (Phi) is 4.40. The zero-order valence-corrected chi connectivity index (χ0v) is 12.6. The zero-order chi connectivity index (χ0) is 15.6. The number of hydrogen-bond acceptors (Lipinski definition) is 2. The summed E-state index contributed by atoms with van der Waals surface area (Å²) < 4.78 is 45.0. The maximum absolute atomic E-state index is 12.9. The van der Waals surface area contributed by atoms with E-state index in [1.807, 2.05) is 22.6 Å². The lowest BCUT2D eigenvalue weighted by atomic mass is 10.1. The molecule has 7 heteroatoms. The number of nitrogens with two attached hydrogens (primary N) is 1. The van der Waals surface area contributed by atoms with Crippen LogP contribution in [0.15, 0.2) is 42.5 Å². The topological polar surface area (TPSA) is 52.3 Å². The molecular formula is C14H9F3INO2. The van der Waals surface area contributed by atoms with Crippen molar-refractivity contribution >= 4 is 28.5 Å². The van der Waals surface area contributed by atoms with Crippen molar-refractivity contribution < 1.29 is 22.7 Å². The molecule has 0 aromatic heterocycles. The normalized spacial score (nSPS) is 11.2. The first kappa shape index (κ1) is 15.6. The average Bonchev–Trinajstić information content (AvgIpc) is 2.40. The van der Waals surface area contributed by atoms with Gasteiger partial charge < -0.3 is 10.5 Å². The van der Waals surface area contributed by atoms with E-state index in [0.29, 0.717) is 5.75 Å². The molecule has 2 N–H and O–H groups in total. The minimum absolute atomic E-state index is 0.0172. The second-order valence-corrected chi connectivity index (χ2v) is 5.26. The fourth-order valence-electron chi connectivity index (χ4n) is 1.69. The van der Waals surface area contributed by atoms with Crippen LogP contribution in [0.25, 0.3) is 0 Å². The Hall–Kier alpha value is -1.77. The number of carbonyl (C=O) groups excluding carboxylic acids is 1. The number of rotatable bonds is 3. The molecule has 0 aliphatic carbocycles. The van der Waals surface area contributed by atoms with Crippen LogP contribution in [0.2, 0.25) is 0 Å². The van der Waals surface area contributed by atoms with Crippen LogP contribution in [0.4, 0.5) is 13.2 Å². The van der Waals surface area contributed by atoms with Crippen molar-refractivity contribution in [2.24, 2.45) is 5.73 Å². The number of carbonyl (C=O) groups is 1. The van der Waals surface area contributed by atoms with Gasteiger partial charge in [-0.25, -0.2) is 0 Å². The van der Waals surface area contributed by atoms with Gasteiger partial charge >= 0.3 is 6.18 Å². The van der Waals surface area contributed by atoms with Gasteiger partial charge in [0.15, 0.2) is 0 Å². The van der Waals surface area contributed by atoms with Crippen molar-refractivity contribution in [2.75, 3.05) is 0 Å². The monoisotopic (exact) mass is 407 g/mol. The lowest BCUT2D eigenvalue weighted by molar-refractivity contribution is -0.138. The lowest BCUT2D eigenvalue weighted by Crippen LogP contribution is -2.18. The molecule has 0 aliphatic rings. The highest BCUT2D eigenvalue weighted by atomic mass is 127. The van der Waals surface area contributed by atoms with E-state index in [1.165, 1.54) is 6.07 Å². The molecule has 21 heavy (non-hydrogen) atoms. The molecule has 0 fully saturated rings. The summed E-state index contributed by atoms with van der Waals surface area (Å²) in [7, 11) is 0. The van der Waals surface area contributed by atoms with E-state index >= 15 is 0 Å². The minimum Gasteiger partial charge on any atom is -0.456 e. The van der Waals surface area contributed by atoms with E-state index in [9.17, 15) is 18.0 Å². The Morgan fingerprint density at radius 1 is 1.14 bits per heavy atom. The summed E-state index contributed by atoms with van der Waals surface area (Å²) >= 11 is 2.01. The van der Waals surface area contributed by atoms with Crippen molar-refractivity contribution in [3.8, 4) is 11.5 Å². The third-order valence-corrected chi connectivity index (χ3v) is 3.52. The van der Waals surface area contributed by atoms with Crippen LogP contribution < -0.4 is 10.5 Å². The summed E-state index contributed by atoms with van der Waals surface area (Å²) in [4.78, 5) is 11.1. The lowest BCUT2D eigenvalue weighted by Gasteiger charge is -2.13. The number of primary amides is 1. The highest BCUT2D eigenvalue weighted by Gasteiger charge is 2.35. The zero-order valence-electron chi connectivity index (χ0n) is 10.4. The predicted molar refractivity (Wildman–Crippen MR) is 79.2 cm³/mol. The summed E-state index contributed by atoms with van der Waals surface area (Å²) in [6, 6.07) is 9.94. The second-order valence-electron chi connectivity index (χ2n) is 4.10. The van der Waals surface area contributed by atoms with Crippen molar-refractivity contribution in [1.82, 2.24) is 0 Å². The molecule has 0 aliphatic heterocycles. The first-order chi connectivity index (χ1) is 9.79. The van der Waals surface area contributed by atoms with Crippen LogP contribution in [0, 0.1) is 3.57 Å². The van der Waals surface area contributed by atoms with Gasteiger partial charge in [0.2, 0.25) is 5.91 Å². The van der Waals surface area contributed by atoms with Crippen molar-refractivity contribution in [3.05, 3.63) is 57.2 Å². The van der Waals surface area contributed by atoms with E-state index in [-0.39, 0.29) is 5.75 Å². The van der Waals surface area contributed by atoms with Crippen LogP contribution in [-0.4, -0.2) is 5.91 Å². The Morgan fingerprint density at radius 3 is 2.38 bits per heavy atom. The fourth-order valence-corrected chi connectivity index (χ4v) is 2.19. The largest absolute Gasteiger partial charge is 0.456 e. The van der Waals surface area contributed by atoms with E-state index < -0.39 is 23.2 Å². The number of benzene rings is 2. The molecule has 2 aromatic carbocycles. The molecule has 2 rings (SSSR count). The van der Waals surface area contributed by atoms with Gasteiger partial charge in [0, 0.05) is 0 Å². The van der Waals surface area contributed by atoms with Crippen LogP contribution in [0.3, 0.4) is 0 Å². The second kappa shape index (κ2) is 5.92. The Labute approximate surface area is 132 Å². The summed E-state index contributed by atoms with van der Waals surface area (Å²) in [5.74, 6) is -0.724. The standard InChI is InChI=1S/C14H9F3INO2/c15-14(16,17)10-7-8(5-6-9(10)13(19)20)21-12-4-2-1-3-11(12)18/h1-7H,(H2,19,20). The molecular weight excluding hydrogens is 398 g/mol. The van der Waals surface area contributed by atoms with Gasteiger partial charge in [0.05, 0.1) is 14.7 Å². The van der Waals surface area contributed by atoms with Crippen molar-refractivity contribution in [1.29, 1.82) is 0 Å². The maximum atomic E-state index is 12.9. The average molecular weight is 407 g/mol. The fraction of sp³-hybridized carbons (Fsp3) is 0.0714. The Bertz CT molecular complexity index is 686. The molecule has 0 saturated heterocycles. The highest BCUT2D eigenvalue weighted by molar-refractivity contribution is 14.1. The van der Waals surface area contributed by atoms with Gasteiger partial charge in [-0.15, -0.1) is 0 Å². The van der Waals surface area contributed by atoms with Crippen LogP contribution in [-0.2, 0) is 6.18 Å². The van der Waals surface area contributed by atoms with Crippen LogP contribution in [0.5, 0.6) is 11.5 Å². The van der Waals surface area contributed by atoms with Gasteiger partial charge in [-0.2, -0.15) is 13.2 Å². The molecule has 0 spiro atoms. The minimum atomic E-state index is -4.69. The van der Waals surface area contributed by atoms with E-state index in [0.717, 1.165) is 15.7 Å². The third-order valence-electron chi connectivity index (χ3n) is 2.63. The third kappa shape index (κ3) is 3.66. The molecule has 2 aromatic rings. The molecule has 0 atom stereocenters. The number of alkyl halides is 3. The first-order valence-corrected chi connectivity index (χ1v) is 6.80. The van der Waals surface area contributed by atoms with Crippen molar-refractivity contribution in [2.45, 2.75) is 6.18 Å². The quantitative estimate of drug-likeness (QED) is 0.776. The number of ether oxygens (including phenoxy) is 1. The predicted octanol–water partition coefficient (Wildman–Crippen LogP) is 4.20. The SMILES string of the molecule is NC(=O)c1ccc(Oc2ccccc2I)cc1C(F)(F)F. The molecule has 0 saturated carbocycles.